The zero-order valence-electron chi connectivity index (χ0n) is 10.6. The zero-order valence-corrected chi connectivity index (χ0v) is 10.6. The highest BCUT2D eigenvalue weighted by molar-refractivity contribution is 5.88. The molecule has 3 N–H and O–H groups in total. The maximum atomic E-state index is 11.0. The predicted molar refractivity (Wildman–Crippen MR) is 63.8 cm³/mol. The van der Waals surface area contributed by atoms with Crippen LogP contribution < -0.4 is 5.73 Å². The van der Waals surface area contributed by atoms with Crippen LogP contribution in [-0.4, -0.2) is 30.3 Å². The van der Waals surface area contributed by atoms with Crippen LogP contribution in [0.4, 0.5) is 0 Å². The summed E-state index contributed by atoms with van der Waals surface area (Å²) in [6.45, 7) is 6.50. The van der Waals surface area contributed by atoms with Crippen molar-refractivity contribution in [1.82, 2.24) is 0 Å². The van der Waals surface area contributed by atoms with Gasteiger partial charge in [0, 0.05) is 11.6 Å². The minimum atomic E-state index is -0.529. The van der Waals surface area contributed by atoms with Crippen molar-refractivity contribution in [3.63, 3.8) is 0 Å². The highest BCUT2D eigenvalue weighted by atomic mass is 16.5. The number of methoxy groups -OCH3 is 1. The van der Waals surface area contributed by atoms with Crippen molar-refractivity contribution in [3.05, 3.63) is 11.6 Å². The molecule has 0 bridgehead atoms. The number of esters is 1. The number of aliphatic hydroxyl groups is 1. The maximum Gasteiger partial charge on any atom is 0.333 e. The van der Waals surface area contributed by atoms with Gasteiger partial charge in [0.1, 0.15) is 0 Å². The van der Waals surface area contributed by atoms with E-state index in [-0.39, 0.29) is 5.97 Å². The molecule has 0 saturated carbocycles. The van der Waals surface area contributed by atoms with E-state index < -0.39 is 12.1 Å². The summed E-state index contributed by atoms with van der Waals surface area (Å²) in [5.41, 5.74) is 6.09. The molecule has 0 aromatic carbocycles. The second-order valence-corrected chi connectivity index (χ2v) is 4.60. The lowest BCUT2D eigenvalue weighted by Gasteiger charge is -2.21. The van der Waals surface area contributed by atoms with Crippen LogP contribution in [0.3, 0.4) is 0 Å². The van der Waals surface area contributed by atoms with Gasteiger partial charge in [0.15, 0.2) is 0 Å². The second kappa shape index (κ2) is 7.41. The summed E-state index contributed by atoms with van der Waals surface area (Å²) in [7, 11) is 1.33. The Kier molecular flexibility index (Phi) is 7.01. The molecule has 16 heavy (non-hydrogen) atoms. The van der Waals surface area contributed by atoms with Gasteiger partial charge < -0.3 is 15.6 Å². The molecule has 1 unspecified atom stereocenters. The van der Waals surface area contributed by atoms with Crippen molar-refractivity contribution in [1.29, 1.82) is 0 Å². The number of rotatable bonds is 1. The smallest absolute Gasteiger partial charge is 0.333 e. The van der Waals surface area contributed by atoms with E-state index in [4.69, 9.17) is 5.73 Å². The van der Waals surface area contributed by atoms with Gasteiger partial charge >= 0.3 is 5.97 Å². The fourth-order valence-corrected chi connectivity index (χ4v) is 1.22. The SMILES string of the molecule is CC(C)C.COC(=O)C1=CC(N)[C@@H](O)CC1. The zero-order chi connectivity index (χ0) is 12.7. The normalized spacial score (nSPS) is 24.3. The van der Waals surface area contributed by atoms with E-state index in [1.54, 1.807) is 6.08 Å². The van der Waals surface area contributed by atoms with Gasteiger partial charge in [0.2, 0.25) is 0 Å². The number of aliphatic hydroxyl groups excluding tert-OH is 1. The van der Waals surface area contributed by atoms with E-state index in [1.165, 1.54) is 7.11 Å². The summed E-state index contributed by atoms with van der Waals surface area (Å²) in [5, 5.41) is 9.23. The third kappa shape index (κ3) is 5.88. The number of nitrogens with two attached hydrogens (primary N) is 1. The molecular formula is C12H23NO3. The monoisotopic (exact) mass is 229 g/mol. The van der Waals surface area contributed by atoms with Gasteiger partial charge in [0.05, 0.1) is 13.2 Å². The van der Waals surface area contributed by atoms with Gasteiger partial charge in [-0.25, -0.2) is 4.79 Å². The van der Waals surface area contributed by atoms with Crippen molar-refractivity contribution in [2.45, 2.75) is 45.8 Å². The highest BCUT2D eigenvalue weighted by Crippen LogP contribution is 2.18. The van der Waals surface area contributed by atoms with Gasteiger partial charge in [0.25, 0.3) is 0 Å². The van der Waals surface area contributed by atoms with Crippen molar-refractivity contribution in [2.24, 2.45) is 11.7 Å². The standard InChI is InChI=1S/C8H13NO3.C4H10/c1-12-8(11)5-2-3-7(10)6(9)4-5;1-4(2)3/h4,6-7,10H,2-3,9H2,1H3;4H,1-3H3/t6?,7-;/m0./s1. The summed E-state index contributed by atoms with van der Waals surface area (Å²) in [6.07, 6.45) is 2.11. The number of ether oxygens (including phenoxy) is 1. The van der Waals surface area contributed by atoms with Crippen LogP contribution >= 0.6 is 0 Å². The fraction of sp³-hybridized carbons (Fsp3) is 0.750. The molecule has 1 aliphatic carbocycles. The first-order valence-corrected chi connectivity index (χ1v) is 5.61. The molecule has 0 aromatic heterocycles. The molecular weight excluding hydrogens is 206 g/mol. The minimum absolute atomic E-state index is 0.350. The Balaban J connectivity index is 0.000000487. The molecule has 0 radical (unpaired) electrons. The molecule has 0 amide bonds. The topological polar surface area (TPSA) is 72.5 Å². The lowest BCUT2D eigenvalue weighted by molar-refractivity contribution is -0.136. The van der Waals surface area contributed by atoms with Crippen LogP contribution in [-0.2, 0) is 9.53 Å². The molecule has 0 aliphatic heterocycles. The third-order valence-electron chi connectivity index (χ3n) is 1.99. The van der Waals surface area contributed by atoms with E-state index in [2.05, 4.69) is 25.5 Å². The Morgan fingerprint density at radius 3 is 2.44 bits per heavy atom. The predicted octanol–water partition coefficient (Wildman–Crippen LogP) is 1.23. The van der Waals surface area contributed by atoms with E-state index in [9.17, 15) is 9.90 Å². The van der Waals surface area contributed by atoms with Crippen molar-refractivity contribution in [2.75, 3.05) is 7.11 Å². The van der Waals surface area contributed by atoms with Gasteiger partial charge in [-0.3, -0.25) is 0 Å². The summed E-state index contributed by atoms with van der Waals surface area (Å²) in [5.74, 6) is 0.484. The summed E-state index contributed by atoms with van der Waals surface area (Å²) < 4.78 is 4.53. The quantitative estimate of drug-likeness (QED) is 0.663. The molecule has 94 valence electrons. The van der Waals surface area contributed by atoms with Crippen LogP contribution in [0.2, 0.25) is 0 Å². The van der Waals surface area contributed by atoms with Crippen molar-refractivity contribution in [3.8, 4) is 0 Å². The average molecular weight is 229 g/mol. The van der Waals surface area contributed by atoms with Crippen LogP contribution in [0.5, 0.6) is 0 Å². The molecule has 4 heteroatoms. The second-order valence-electron chi connectivity index (χ2n) is 4.60. The number of hydrogen-bond donors (Lipinski definition) is 2. The molecule has 1 aliphatic rings. The molecule has 2 atom stereocenters. The Morgan fingerprint density at radius 1 is 1.56 bits per heavy atom. The van der Waals surface area contributed by atoms with Gasteiger partial charge in [-0.2, -0.15) is 0 Å². The number of carbonyl (C=O) groups excluding carboxylic acids is 1. The Labute approximate surface area is 97.5 Å². The van der Waals surface area contributed by atoms with E-state index >= 15 is 0 Å². The summed E-state index contributed by atoms with van der Waals surface area (Å²) in [6, 6.07) is -0.437. The largest absolute Gasteiger partial charge is 0.466 e. The Hall–Kier alpha value is -0.870. The van der Waals surface area contributed by atoms with Gasteiger partial charge in [-0.1, -0.05) is 26.8 Å². The van der Waals surface area contributed by atoms with Gasteiger partial charge in [-0.15, -0.1) is 0 Å². The first kappa shape index (κ1) is 15.1. The summed E-state index contributed by atoms with van der Waals surface area (Å²) in [4.78, 5) is 11.0. The molecule has 4 nitrogen and oxygen atoms in total. The molecule has 0 fully saturated rings. The average Bonchev–Trinajstić information content (AvgIpc) is 2.20. The van der Waals surface area contributed by atoms with Crippen LogP contribution in [0.25, 0.3) is 0 Å². The van der Waals surface area contributed by atoms with Gasteiger partial charge in [-0.05, 0) is 18.8 Å². The van der Waals surface area contributed by atoms with E-state index in [0.29, 0.717) is 18.4 Å². The number of carbonyl (C=O) groups is 1. The maximum absolute atomic E-state index is 11.0. The van der Waals surface area contributed by atoms with E-state index in [0.717, 1.165) is 5.92 Å². The highest BCUT2D eigenvalue weighted by Gasteiger charge is 2.22. The van der Waals surface area contributed by atoms with Crippen LogP contribution in [0, 0.1) is 5.92 Å². The molecule has 0 heterocycles. The van der Waals surface area contributed by atoms with Crippen LogP contribution in [0.1, 0.15) is 33.6 Å². The van der Waals surface area contributed by atoms with Crippen LogP contribution in [0.15, 0.2) is 11.6 Å². The third-order valence-corrected chi connectivity index (χ3v) is 1.99. The van der Waals surface area contributed by atoms with Crippen molar-refractivity contribution >= 4 is 5.97 Å². The number of hydrogen-bond acceptors (Lipinski definition) is 4. The first-order chi connectivity index (χ1) is 7.38. The summed E-state index contributed by atoms with van der Waals surface area (Å²) >= 11 is 0. The molecule has 1 rings (SSSR count). The Bertz CT molecular complexity index is 246. The first-order valence-electron chi connectivity index (χ1n) is 5.61. The van der Waals surface area contributed by atoms with E-state index in [1.807, 2.05) is 0 Å². The minimum Gasteiger partial charge on any atom is -0.466 e. The Morgan fingerprint density at radius 2 is 2.06 bits per heavy atom. The lowest BCUT2D eigenvalue weighted by atomic mass is 9.94. The molecule has 0 spiro atoms. The molecule has 0 saturated heterocycles. The fourth-order valence-electron chi connectivity index (χ4n) is 1.22. The molecule has 0 aromatic rings. The lowest BCUT2D eigenvalue weighted by Crippen LogP contribution is -2.36. The van der Waals surface area contributed by atoms with Crippen molar-refractivity contribution < 1.29 is 14.6 Å².